The van der Waals surface area contributed by atoms with Crippen LogP contribution in [0.1, 0.15) is 5.01 Å². The molecule has 0 bridgehead atoms. The smallest absolute Gasteiger partial charge is 0.123 e. The van der Waals surface area contributed by atoms with Crippen molar-refractivity contribution in [3.05, 3.63) is 41.5 Å². The Hall–Kier alpha value is -1.94. The molecule has 3 rings (SSSR count). The number of hydrogen-bond donors (Lipinski definition) is 1. The standard InChI is InChI=1S/C13H11N3S/c1-8-16-11-6-9(2-3-12(11)17-8)10-4-5-15-13(14)7-10/h2-7H,1H3,(H2,14,15). The number of anilines is 1. The van der Waals surface area contributed by atoms with Crippen LogP contribution in [0.3, 0.4) is 0 Å². The lowest BCUT2D eigenvalue weighted by Gasteiger charge is -2.01. The van der Waals surface area contributed by atoms with Gasteiger partial charge in [0.15, 0.2) is 0 Å². The van der Waals surface area contributed by atoms with Gasteiger partial charge < -0.3 is 5.73 Å². The molecular weight excluding hydrogens is 230 g/mol. The fraction of sp³-hybridized carbons (Fsp3) is 0.0769. The van der Waals surface area contributed by atoms with E-state index >= 15 is 0 Å². The van der Waals surface area contributed by atoms with E-state index in [2.05, 4.69) is 28.2 Å². The van der Waals surface area contributed by atoms with Crippen molar-refractivity contribution in [3.8, 4) is 11.1 Å². The number of fused-ring (bicyclic) bond motifs is 1. The fourth-order valence-electron chi connectivity index (χ4n) is 1.85. The van der Waals surface area contributed by atoms with Gasteiger partial charge in [0.05, 0.1) is 15.2 Å². The van der Waals surface area contributed by atoms with E-state index in [1.165, 1.54) is 4.70 Å². The lowest BCUT2D eigenvalue weighted by Crippen LogP contribution is -1.89. The van der Waals surface area contributed by atoms with Gasteiger partial charge >= 0.3 is 0 Å². The molecule has 0 fully saturated rings. The average molecular weight is 241 g/mol. The first-order valence-electron chi connectivity index (χ1n) is 5.31. The molecule has 0 unspecified atom stereocenters. The third kappa shape index (κ3) is 1.87. The van der Waals surface area contributed by atoms with E-state index in [4.69, 9.17) is 5.73 Å². The Morgan fingerprint density at radius 3 is 2.76 bits per heavy atom. The molecule has 4 heteroatoms. The van der Waals surface area contributed by atoms with Crippen molar-refractivity contribution < 1.29 is 0 Å². The molecule has 0 spiro atoms. The summed E-state index contributed by atoms with van der Waals surface area (Å²) in [5, 5.41) is 1.09. The summed E-state index contributed by atoms with van der Waals surface area (Å²) >= 11 is 1.71. The summed E-state index contributed by atoms with van der Waals surface area (Å²) in [5.41, 5.74) is 8.93. The Balaban J connectivity index is 2.17. The van der Waals surface area contributed by atoms with Gasteiger partial charge in [0.2, 0.25) is 0 Å². The maximum atomic E-state index is 5.69. The molecule has 1 aromatic carbocycles. The summed E-state index contributed by atoms with van der Waals surface area (Å²) in [6, 6.07) is 10.1. The van der Waals surface area contributed by atoms with Crippen LogP contribution in [0.4, 0.5) is 5.82 Å². The molecule has 0 aliphatic rings. The number of hydrogen-bond acceptors (Lipinski definition) is 4. The highest BCUT2D eigenvalue weighted by Gasteiger charge is 2.03. The van der Waals surface area contributed by atoms with Gasteiger partial charge in [-0.1, -0.05) is 6.07 Å². The zero-order chi connectivity index (χ0) is 11.8. The van der Waals surface area contributed by atoms with Crippen molar-refractivity contribution in [3.63, 3.8) is 0 Å². The summed E-state index contributed by atoms with van der Waals surface area (Å²) in [4.78, 5) is 8.49. The largest absolute Gasteiger partial charge is 0.384 e. The van der Waals surface area contributed by atoms with Gasteiger partial charge in [0.1, 0.15) is 5.82 Å². The molecule has 0 saturated carbocycles. The van der Waals surface area contributed by atoms with Crippen molar-refractivity contribution >= 4 is 27.4 Å². The molecule has 0 aliphatic heterocycles. The quantitative estimate of drug-likeness (QED) is 0.711. The minimum absolute atomic E-state index is 0.539. The molecule has 0 amide bonds. The molecule has 0 atom stereocenters. The molecule has 0 saturated heterocycles. The second kappa shape index (κ2) is 3.82. The maximum Gasteiger partial charge on any atom is 0.123 e. The lowest BCUT2D eigenvalue weighted by atomic mass is 10.1. The summed E-state index contributed by atoms with van der Waals surface area (Å²) < 4.78 is 1.22. The van der Waals surface area contributed by atoms with E-state index in [0.717, 1.165) is 21.7 Å². The van der Waals surface area contributed by atoms with E-state index in [1.54, 1.807) is 17.5 Å². The highest BCUT2D eigenvalue weighted by molar-refractivity contribution is 7.18. The van der Waals surface area contributed by atoms with Crippen molar-refractivity contribution in [2.75, 3.05) is 5.73 Å². The Kier molecular flexibility index (Phi) is 2.30. The summed E-state index contributed by atoms with van der Waals surface area (Å²) in [7, 11) is 0. The number of nitrogens with two attached hydrogens (primary N) is 1. The van der Waals surface area contributed by atoms with E-state index in [0.29, 0.717) is 5.82 Å². The Morgan fingerprint density at radius 1 is 1.12 bits per heavy atom. The van der Waals surface area contributed by atoms with Crippen LogP contribution in [-0.2, 0) is 0 Å². The van der Waals surface area contributed by atoms with Crippen LogP contribution < -0.4 is 5.73 Å². The summed E-state index contributed by atoms with van der Waals surface area (Å²) in [6.07, 6.45) is 1.72. The Labute approximate surface area is 103 Å². The highest BCUT2D eigenvalue weighted by atomic mass is 32.1. The van der Waals surface area contributed by atoms with Crippen molar-refractivity contribution in [2.45, 2.75) is 6.92 Å². The zero-order valence-electron chi connectivity index (χ0n) is 9.34. The number of thiazole rings is 1. The third-order valence-electron chi connectivity index (χ3n) is 2.61. The third-order valence-corrected chi connectivity index (χ3v) is 3.56. The molecule has 2 heterocycles. The molecule has 3 nitrogen and oxygen atoms in total. The van der Waals surface area contributed by atoms with Gasteiger partial charge in [-0.05, 0) is 42.3 Å². The number of rotatable bonds is 1. The fourth-order valence-corrected chi connectivity index (χ4v) is 2.66. The molecule has 17 heavy (non-hydrogen) atoms. The van der Waals surface area contributed by atoms with Crippen molar-refractivity contribution in [2.24, 2.45) is 0 Å². The lowest BCUT2D eigenvalue weighted by molar-refractivity contribution is 1.33. The van der Waals surface area contributed by atoms with Crippen LogP contribution in [0.25, 0.3) is 21.3 Å². The minimum atomic E-state index is 0.539. The second-order valence-electron chi connectivity index (χ2n) is 3.88. The van der Waals surface area contributed by atoms with Gasteiger partial charge in [-0.25, -0.2) is 9.97 Å². The van der Waals surface area contributed by atoms with Gasteiger partial charge in [-0.15, -0.1) is 11.3 Å². The molecule has 2 N–H and O–H groups in total. The van der Waals surface area contributed by atoms with Crippen LogP contribution in [0, 0.1) is 6.92 Å². The SMILES string of the molecule is Cc1nc2cc(-c3ccnc(N)c3)ccc2s1. The molecule has 2 aromatic heterocycles. The maximum absolute atomic E-state index is 5.69. The molecule has 84 valence electrons. The van der Waals surface area contributed by atoms with E-state index in [1.807, 2.05) is 19.1 Å². The van der Waals surface area contributed by atoms with Crippen molar-refractivity contribution in [1.29, 1.82) is 0 Å². The van der Waals surface area contributed by atoms with Crippen LogP contribution in [-0.4, -0.2) is 9.97 Å². The number of aryl methyl sites for hydroxylation is 1. The second-order valence-corrected chi connectivity index (χ2v) is 5.12. The predicted octanol–water partition coefficient (Wildman–Crippen LogP) is 3.25. The molecule has 3 aromatic rings. The van der Waals surface area contributed by atoms with E-state index in [9.17, 15) is 0 Å². The van der Waals surface area contributed by atoms with Crippen LogP contribution in [0.15, 0.2) is 36.5 Å². The monoisotopic (exact) mass is 241 g/mol. The summed E-state index contributed by atoms with van der Waals surface area (Å²) in [5.74, 6) is 0.539. The Morgan fingerprint density at radius 2 is 1.94 bits per heavy atom. The average Bonchev–Trinajstić information content (AvgIpc) is 2.68. The highest BCUT2D eigenvalue weighted by Crippen LogP contribution is 2.27. The van der Waals surface area contributed by atoms with E-state index in [-0.39, 0.29) is 0 Å². The van der Waals surface area contributed by atoms with Gasteiger partial charge in [0, 0.05) is 6.20 Å². The first-order valence-corrected chi connectivity index (χ1v) is 6.13. The first-order chi connectivity index (χ1) is 8.22. The number of pyridine rings is 1. The Bertz CT molecular complexity index is 688. The first kappa shape index (κ1) is 10.2. The number of benzene rings is 1. The number of nitrogen functional groups attached to an aromatic ring is 1. The zero-order valence-corrected chi connectivity index (χ0v) is 10.2. The van der Waals surface area contributed by atoms with Crippen LogP contribution in [0.2, 0.25) is 0 Å². The molecule has 0 aliphatic carbocycles. The predicted molar refractivity (Wildman–Crippen MR) is 72.0 cm³/mol. The van der Waals surface area contributed by atoms with Gasteiger partial charge in [-0.2, -0.15) is 0 Å². The van der Waals surface area contributed by atoms with Crippen LogP contribution in [0.5, 0.6) is 0 Å². The normalized spacial score (nSPS) is 10.9. The molecular formula is C13H11N3S. The molecule has 0 radical (unpaired) electrons. The van der Waals surface area contributed by atoms with Crippen molar-refractivity contribution in [1.82, 2.24) is 9.97 Å². The van der Waals surface area contributed by atoms with Gasteiger partial charge in [0.25, 0.3) is 0 Å². The number of nitrogens with zero attached hydrogens (tertiary/aromatic N) is 2. The van der Waals surface area contributed by atoms with E-state index < -0.39 is 0 Å². The van der Waals surface area contributed by atoms with Gasteiger partial charge in [-0.3, -0.25) is 0 Å². The number of aromatic nitrogens is 2. The minimum Gasteiger partial charge on any atom is -0.384 e. The topological polar surface area (TPSA) is 51.8 Å². The van der Waals surface area contributed by atoms with Crippen LogP contribution >= 0.6 is 11.3 Å². The summed E-state index contributed by atoms with van der Waals surface area (Å²) in [6.45, 7) is 2.02.